The lowest BCUT2D eigenvalue weighted by Crippen LogP contribution is -2.40. The first-order valence-corrected chi connectivity index (χ1v) is 6.36. The molecule has 3 N–H and O–H groups in total. The number of amides is 1. The summed E-state index contributed by atoms with van der Waals surface area (Å²) in [5, 5.41) is 19.6. The van der Waals surface area contributed by atoms with Gasteiger partial charge in [0.1, 0.15) is 11.7 Å². The number of carbonyl (C=O) groups excluding carboxylic acids is 1. The summed E-state index contributed by atoms with van der Waals surface area (Å²) in [7, 11) is 0. The van der Waals surface area contributed by atoms with Gasteiger partial charge < -0.3 is 20.1 Å². The van der Waals surface area contributed by atoms with Crippen molar-refractivity contribution >= 4 is 22.8 Å². The molecular formula is C14H14N2O4. The predicted molar refractivity (Wildman–Crippen MR) is 71.4 cm³/mol. The van der Waals surface area contributed by atoms with E-state index in [0.29, 0.717) is 5.69 Å². The second-order valence-electron chi connectivity index (χ2n) is 4.97. The lowest BCUT2D eigenvalue weighted by Gasteiger charge is -2.20. The van der Waals surface area contributed by atoms with Crippen molar-refractivity contribution in [3.05, 3.63) is 36.0 Å². The molecule has 1 aromatic carbocycles. The van der Waals surface area contributed by atoms with Crippen molar-refractivity contribution in [2.45, 2.75) is 18.6 Å². The number of hydrogen-bond acceptors (Lipinski definition) is 3. The third-order valence-electron chi connectivity index (χ3n) is 3.59. The molecule has 0 bridgehead atoms. The number of carboxylic acids is 1. The molecule has 1 fully saturated rings. The van der Waals surface area contributed by atoms with Gasteiger partial charge in [0.15, 0.2) is 0 Å². The average molecular weight is 274 g/mol. The second kappa shape index (κ2) is 4.64. The fourth-order valence-electron chi connectivity index (χ4n) is 2.62. The van der Waals surface area contributed by atoms with E-state index in [9.17, 15) is 14.7 Å². The number of β-amino-alcohol motifs (C(OH)–C–C–N with tert-alkyl or cyclic N) is 1. The number of hydrogen-bond donors (Lipinski definition) is 3. The number of H-pyrrole nitrogens is 1. The van der Waals surface area contributed by atoms with E-state index in [1.54, 1.807) is 6.07 Å². The van der Waals surface area contributed by atoms with E-state index in [1.807, 2.05) is 24.3 Å². The van der Waals surface area contributed by atoms with Gasteiger partial charge in [0.25, 0.3) is 5.91 Å². The number of aliphatic hydroxyl groups is 1. The molecule has 0 aliphatic carbocycles. The maximum atomic E-state index is 12.4. The smallest absolute Gasteiger partial charge is 0.326 e. The summed E-state index contributed by atoms with van der Waals surface area (Å²) >= 11 is 0. The van der Waals surface area contributed by atoms with Gasteiger partial charge in [-0.3, -0.25) is 4.79 Å². The van der Waals surface area contributed by atoms with E-state index in [2.05, 4.69) is 4.98 Å². The molecule has 0 unspecified atom stereocenters. The molecule has 0 spiro atoms. The standard InChI is InChI=1S/C14H14N2O4/c17-9-6-12(14(19)20)16(7-9)13(18)11-5-8-3-1-2-4-10(8)15-11/h1-5,9,12,15,17H,6-7H2,(H,19,20)/t9-,12-/m0/s1. The first kappa shape index (κ1) is 12.7. The Morgan fingerprint density at radius 3 is 2.75 bits per heavy atom. The van der Waals surface area contributed by atoms with Crippen molar-refractivity contribution in [1.82, 2.24) is 9.88 Å². The fourth-order valence-corrected chi connectivity index (χ4v) is 2.62. The zero-order valence-electron chi connectivity index (χ0n) is 10.6. The Hall–Kier alpha value is -2.34. The van der Waals surface area contributed by atoms with Gasteiger partial charge in [-0.05, 0) is 12.1 Å². The number of aromatic nitrogens is 1. The maximum Gasteiger partial charge on any atom is 0.326 e. The SMILES string of the molecule is O=C(O)[C@@H]1C[C@H](O)CN1C(=O)c1cc2ccccc2[nH]1. The number of fused-ring (bicyclic) bond motifs is 1. The lowest BCUT2D eigenvalue weighted by molar-refractivity contribution is -0.141. The summed E-state index contributed by atoms with van der Waals surface area (Å²) < 4.78 is 0. The van der Waals surface area contributed by atoms with Crippen LogP contribution in [0.1, 0.15) is 16.9 Å². The number of para-hydroxylation sites is 1. The Balaban J connectivity index is 1.93. The van der Waals surface area contributed by atoms with Crippen LogP contribution in [0, 0.1) is 0 Å². The number of likely N-dealkylation sites (tertiary alicyclic amines) is 1. The molecule has 2 heterocycles. The minimum atomic E-state index is -1.09. The van der Waals surface area contributed by atoms with E-state index < -0.39 is 24.0 Å². The summed E-state index contributed by atoms with van der Waals surface area (Å²) in [5.74, 6) is -1.49. The quantitative estimate of drug-likeness (QED) is 0.756. The topological polar surface area (TPSA) is 93.6 Å². The van der Waals surface area contributed by atoms with Gasteiger partial charge in [0, 0.05) is 23.9 Å². The van der Waals surface area contributed by atoms with Crippen LogP contribution in [0.2, 0.25) is 0 Å². The molecule has 1 amide bonds. The molecular weight excluding hydrogens is 260 g/mol. The van der Waals surface area contributed by atoms with Crippen molar-refractivity contribution in [3.8, 4) is 0 Å². The molecule has 1 aromatic heterocycles. The predicted octanol–water partition coefficient (Wildman–Crippen LogP) is 0.828. The number of benzene rings is 1. The van der Waals surface area contributed by atoms with Crippen LogP contribution in [-0.4, -0.2) is 50.7 Å². The molecule has 0 saturated carbocycles. The minimum absolute atomic E-state index is 0.0468. The van der Waals surface area contributed by atoms with Crippen molar-refractivity contribution in [2.75, 3.05) is 6.54 Å². The van der Waals surface area contributed by atoms with E-state index in [-0.39, 0.29) is 13.0 Å². The molecule has 104 valence electrons. The molecule has 1 aliphatic heterocycles. The van der Waals surface area contributed by atoms with E-state index >= 15 is 0 Å². The number of aliphatic hydroxyl groups excluding tert-OH is 1. The molecule has 20 heavy (non-hydrogen) atoms. The summed E-state index contributed by atoms with van der Waals surface area (Å²) in [6, 6.07) is 8.16. The van der Waals surface area contributed by atoms with Gasteiger partial charge >= 0.3 is 5.97 Å². The highest BCUT2D eigenvalue weighted by atomic mass is 16.4. The molecule has 0 radical (unpaired) electrons. The number of rotatable bonds is 2. The third-order valence-corrected chi connectivity index (χ3v) is 3.59. The van der Waals surface area contributed by atoms with Crippen molar-refractivity contribution < 1.29 is 19.8 Å². The van der Waals surface area contributed by atoms with Crippen LogP contribution in [0.25, 0.3) is 10.9 Å². The Labute approximate surface area is 114 Å². The zero-order valence-corrected chi connectivity index (χ0v) is 10.6. The highest BCUT2D eigenvalue weighted by Crippen LogP contribution is 2.22. The second-order valence-corrected chi connectivity index (χ2v) is 4.97. The van der Waals surface area contributed by atoms with Gasteiger partial charge in [-0.1, -0.05) is 18.2 Å². The van der Waals surface area contributed by atoms with Gasteiger partial charge in [-0.15, -0.1) is 0 Å². The zero-order chi connectivity index (χ0) is 14.3. The van der Waals surface area contributed by atoms with Gasteiger partial charge in [-0.2, -0.15) is 0 Å². The fraction of sp³-hybridized carbons (Fsp3) is 0.286. The number of aromatic amines is 1. The van der Waals surface area contributed by atoms with Crippen LogP contribution in [0.15, 0.2) is 30.3 Å². The number of carbonyl (C=O) groups is 2. The Morgan fingerprint density at radius 2 is 2.05 bits per heavy atom. The highest BCUT2D eigenvalue weighted by molar-refractivity contribution is 5.99. The Kier molecular flexibility index (Phi) is 2.94. The van der Waals surface area contributed by atoms with E-state index in [4.69, 9.17) is 5.11 Å². The van der Waals surface area contributed by atoms with Crippen LogP contribution in [0.3, 0.4) is 0 Å². The third kappa shape index (κ3) is 2.04. The maximum absolute atomic E-state index is 12.4. The number of nitrogens with one attached hydrogen (secondary N) is 1. The van der Waals surface area contributed by atoms with E-state index in [1.165, 1.54) is 4.90 Å². The number of nitrogens with zero attached hydrogens (tertiary/aromatic N) is 1. The van der Waals surface area contributed by atoms with Crippen molar-refractivity contribution in [2.24, 2.45) is 0 Å². The molecule has 2 atom stereocenters. The molecule has 3 rings (SSSR count). The lowest BCUT2D eigenvalue weighted by atomic mass is 10.2. The first-order valence-electron chi connectivity index (χ1n) is 6.36. The van der Waals surface area contributed by atoms with Gasteiger partial charge in [0.2, 0.25) is 0 Å². The Bertz CT molecular complexity index is 646. The highest BCUT2D eigenvalue weighted by Gasteiger charge is 2.39. The van der Waals surface area contributed by atoms with Crippen molar-refractivity contribution in [1.29, 1.82) is 0 Å². The Morgan fingerprint density at radius 1 is 1.30 bits per heavy atom. The van der Waals surface area contributed by atoms with Crippen LogP contribution in [-0.2, 0) is 4.79 Å². The van der Waals surface area contributed by atoms with Gasteiger partial charge in [-0.25, -0.2) is 4.79 Å². The normalized spacial score (nSPS) is 22.4. The first-order chi connectivity index (χ1) is 9.56. The molecule has 6 nitrogen and oxygen atoms in total. The average Bonchev–Trinajstić information content (AvgIpc) is 3.01. The van der Waals surface area contributed by atoms with Gasteiger partial charge in [0.05, 0.1) is 6.10 Å². The summed E-state index contributed by atoms with van der Waals surface area (Å²) in [6.07, 6.45) is -0.717. The van der Waals surface area contributed by atoms with E-state index in [0.717, 1.165) is 10.9 Å². The van der Waals surface area contributed by atoms with Crippen molar-refractivity contribution in [3.63, 3.8) is 0 Å². The van der Waals surface area contributed by atoms with Crippen LogP contribution in [0.4, 0.5) is 0 Å². The molecule has 2 aromatic rings. The summed E-state index contributed by atoms with van der Waals surface area (Å²) in [6.45, 7) is 0.0468. The minimum Gasteiger partial charge on any atom is -0.480 e. The van der Waals surface area contributed by atoms with Crippen LogP contribution >= 0.6 is 0 Å². The number of aliphatic carboxylic acids is 1. The molecule has 1 saturated heterocycles. The van der Waals surface area contributed by atoms with Crippen LogP contribution < -0.4 is 0 Å². The van der Waals surface area contributed by atoms with Crippen LogP contribution in [0.5, 0.6) is 0 Å². The largest absolute Gasteiger partial charge is 0.480 e. The molecule has 6 heteroatoms. The number of carboxylic acid groups (broad SMARTS) is 1. The monoisotopic (exact) mass is 274 g/mol. The summed E-state index contributed by atoms with van der Waals surface area (Å²) in [4.78, 5) is 27.7. The molecule has 1 aliphatic rings. The summed E-state index contributed by atoms with van der Waals surface area (Å²) in [5.41, 5.74) is 1.16.